The molecule has 0 amide bonds. The standard InChI is InChI=1S/C17H19FN2O/c1-2-7-20-15-10-17(12-4-3-8-19-11-12)21-16-6-5-13(18)9-14(15)16/h3-6,8-9,11,15,17,20H,2,7,10H2,1H3. The summed E-state index contributed by atoms with van der Waals surface area (Å²) in [6.07, 6.45) is 5.35. The maximum Gasteiger partial charge on any atom is 0.127 e. The van der Waals surface area contributed by atoms with E-state index in [1.54, 1.807) is 18.3 Å². The van der Waals surface area contributed by atoms with E-state index in [9.17, 15) is 4.39 Å². The van der Waals surface area contributed by atoms with E-state index in [4.69, 9.17) is 4.74 Å². The van der Waals surface area contributed by atoms with E-state index in [1.165, 1.54) is 6.07 Å². The molecular formula is C17H19FN2O. The van der Waals surface area contributed by atoms with Gasteiger partial charge in [0.1, 0.15) is 17.7 Å². The van der Waals surface area contributed by atoms with Crippen LogP contribution in [-0.4, -0.2) is 11.5 Å². The van der Waals surface area contributed by atoms with Crippen molar-refractivity contribution >= 4 is 0 Å². The normalized spacial score (nSPS) is 20.7. The maximum atomic E-state index is 13.5. The average molecular weight is 286 g/mol. The van der Waals surface area contributed by atoms with Gasteiger partial charge in [-0.15, -0.1) is 0 Å². The largest absolute Gasteiger partial charge is 0.485 e. The van der Waals surface area contributed by atoms with Crippen LogP contribution >= 0.6 is 0 Å². The van der Waals surface area contributed by atoms with Crippen LogP contribution in [0.4, 0.5) is 4.39 Å². The molecule has 0 spiro atoms. The first-order chi connectivity index (χ1) is 10.3. The second-order valence-corrected chi connectivity index (χ2v) is 5.32. The molecule has 0 aliphatic carbocycles. The number of hydrogen-bond donors (Lipinski definition) is 1. The van der Waals surface area contributed by atoms with E-state index in [-0.39, 0.29) is 18.0 Å². The summed E-state index contributed by atoms with van der Waals surface area (Å²) in [5, 5.41) is 3.49. The van der Waals surface area contributed by atoms with Gasteiger partial charge in [-0.2, -0.15) is 0 Å². The van der Waals surface area contributed by atoms with Gasteiger partial charge in [-0.25, -0.2) is 4.39 Å². The van der Waals surface area contributed by atoms with Crippen molar-refractivity contribution in [3.63, 3.8) is 0 Å². The zero-order valence-corrected chi connectivity index (χ0v) is 12.1. The quantitative estimate of drug-likeness (QED) is 0.928. The Kier molecular flexibility index (Phi) is 4.15. The summed E-state index contributed by atoms with van der Waals surface area (Å²) in [7, 11) is 0. The molecule has 1 aliphatic heterocycles. The van der Waals surface area contributed by atoms with Gasteiger partial charge in [0.15, 0.2) is 0 Å². The fourth-order valence-electron chi connectivity index (χ4n) is 2.72. The summed E-state index contributed by atoms with van der Waals surface area (Å²) in [5.74, 6) is 0.533. The Morgan fingerprint density at radius 3 is 3.05 bits per heavy atom. The number of nitrogens with one attached hydrogen (secondary N) is 1. The molecule has 21 heavy (non-hydrogen) atoms. The number of halogens is 1. The molecule has 2 aromatic rings. The molecule has 2 unspecified atom stereocenters. The topological polar surface area (TPSA) is 34.2 Å². The number of fused-ring (bicyclic) bond motifs is 1. The van der Waals surface area contributed by atoms with Crippen LogP contribution in [0.25, 0.3) is 0 Å². The predicted molar refractivity (Wildman–Crippen MR) is 79.7 cm³/mol. The molecule has 2 atom stereocenters. The molecule has 110 valence electrons. The smallest absolute Gasteiger partial charge is 0.127 e. The van der Waals surface area contributed by atoms with Crippen molar-refractivity contribution in [2.24, 2.45) is 0 Å². The summed E-state index contributed by atoms with van der Waals surface area (Å²) in [5.41, 5.74) is 1.96. The van der Waals surface area contributed by atoms with Crippen molar-refractivity contribution in [2.45, 2.75) is 31.9 Å². The van der Waals surface area contributed by atoms with Gasteiger partial charge in [-0.3, -0.25) is 4.98 Å². The number of ether oxygens (including phenoxy) is 1. The molecule has 1 aromatic heterocycles. The summed E-state index contributed by atoms with van der Waals surface area (Å²) in [6.45, 7) is 3.03. The Labute approximate surface area is 124 Å². The Balaban J connectivity index is 1.91. The molecule has 0 bridgehead atoms. The lowest BCUT2D eigenvalue weighted by Crippen LogP contribution is -2.29. The Hall–Kier alpha value is -1.94. The molecule has 1 aliphatic rings. The molecule has 4 heteroatoms. The number of aromatic nitrogens is 1. The third-order valence-corrected chi connectivity index (χ3v) is 3.76. The number of benzene rings is 1. The first-order valence-corrected chi connectivity index (χ1v) is 7.37. The zero-order valence-electron chi connectivity index (χ0n) is 12.1. The summed E-state index contributed by atoms with van der Waals surface area (Å²) >= 11 is 0. The number of pyridine rings is 1. The van der Waals surface area contributed by atoms with Gasteiger partial charge in [0, 0.05) is 36.0 Å². The predicted octanol–water partition coefficient (Wildman–Crippen LogP) is 3.79. The first kappa shape index (κ1) is 14.0. The van der Waals surface area contributed by atoms with Crippen LogP contribution in [0.15, 0.2) is 42.7 Å². The van der Waals surface area contributed by atoms with Gasteiger partial charge in [-0.1, -0.05) is 13.0 Å². The van der Waals surface area contributed by atoms with Gasteiger partial charge >= 0.3 is 0 Å². The van der Waals surface area contributed by atoms with E-state index in [0.29, 0.717) is 0 Å². The molecular weight excluding hydrogens is 267 g/mol. The monoisotopic (exact) mass is 286 g/mol. The third kappa shape index (κ3) is 3.05. The van der Waals surface area contributed by atoms with E-state index in [0.717, 1.165) is 36.3 Å². The van der Waals surface area contributed by atoms with Gasteiger partial charge in [0.2, 0.25) is 0 Å². The van der Waals surface area contributed by atoms with Crippen LogP contribution in [0.5, 0.6) is 5.75 Å². The minimum absolute atomic E-state index is 0.0500. The number of nitrogens with zero attached hydrogens (tertiary/aromatic N) is 1. The highest BCUT2D eigenvalue weighted by Crippen LogP contribution is 2.40. The molecule has 1 N–H and O–H groups in total. The van der Waals surface area contributed by atoms with Crippen LogP contribution in [0.2, 0.25) is 0 Å². The number of hydrogen-bond acceptors (Lipinski definition) is 3. The highest BCUT2D eigenvalue weighted by molar-refractivity contribution is 5.39. The highest BCUT2D eigenvalue weighted by Gasteiger charge is 2.29. The molecule has 0 saturated carbocycles. The maximum absolute atomic E-state index is 13.5. The van der Waals surface area contributed by atoms with E-state index < -0.39 is 0 Å². The lowest BCUT2D eigenvalue weighted by Gasteiger charge is -2.33. The van der Waals surface area contributed by atoms with E-state index >= 15 is 0 Å². The lowest BCUT2D eigenvalue weighted by molar-refractivity contribution is 0.151. The fourth-order valence-corrected chi connectivity index (χ4v) is 2.72. The molecule has 0 radical (unpaired) electrons. The van der Waals surface area contributed by atoms with Crippen LogP contribution in [0.3, 0.4) is 0 Å². The van der Waals surface area contributed by atoms with E-state index in [1.807, 2.05) is 18.3 Å². The molecule has 0 fully saturated rings. The molecule has 0 saturated heterocycles. The van der Waals surface area contributed by atoms with E-state index in [2.05, 4.69) is 17.2 Å². The van der Waals surface area contributed by atoms with Crippen LogP contribution in [-0.2, 0) is 0 Å². The fraction of sp³-hybridized carbons (Fsp3) is 0.353. The van der Waals surface area contributed by atoms with Crippen molar-refractivity contribution in [1.82, 2.24) is 10.3 Å². The van der Waals surface area contributed by atoms with Gasteiger partial charge in [0.25, 0.3) is 0 Å². The van der Waals surface area contributed by atoms with Crippen molar-refractivity contribution in [3.8, 4) is 5.75 Å². The molecule has 2 heterocycles. The minimum atomic E-state index is -0.222. The molecule has 3 nitrogen and oxygen atoms in total. The van der Waals surface area contributed by atoms with Crippen molar-refractivity contribution in [2.75, 3.05) is 6.54 Å². The van der Waals surface area contributed by atoms with Gasteiger partial charge in [-0.05, 0) is 37.2 Å². The van der Waals surface area contributed by atoms with Crippen molar-refractivity contribution < 1.29 is 9.13 Å². The SMILES string of the molecule is CCCNC1CC(c2cccnc2)Oc2ccc(F)cc21. The summed E-state index contributed by atoms with van der Waals surface area (Å²) in [4.78, 5) is 4.16. The highest BCUT2D eigenvalue weighted by atomic mass is 19.1. The van der Waals surface area contributed by atoms with Gasteiger partial charge in [0.05, 0.1) is 0 Å². The van der Waals surface area contributed by atoms with Gasteiger partial charge < -0.3 is 10.1 Å². The molecule has 1 aromatic carbocycles. The summed E-state index contributed by atoms with van der Waals surface area (Å²) < 4.78 is 19.6. The average Bonchev–Trinajstić information content (AvgIpc) is 2.53. The zero-order chi connectivity index (χ0) is 14.7. The van der Waals surface area contributed by atoms with Crippen LogP contribution in [0.1, 0.15) is 43.0 Å². The Morgan fingerprint density at radius 2 is 2.29 bits per heavy atom. The lowest BCUT2D eigenvalue weighted by atomic mass is 9.93. The first-order valence-electron chi connectivity index (χ1n) is 7.37. The second-order valence-electron chi connectivity index (χ2n) is 5.32. The van der Waals surface area contributed by atoms with Crippen molar-refractivity contribution in [3.05, 3.63) is 59.7 Å². The Morgan fingerprint density at radius 1 is 1.38 bits per heavy atom. The molecule has 3 rings (SSSR count). The summed E-state index contributed by atoms with van der Waals surface area (Å²) in [6, 6.07) is 8.77. The second kappa shape index (κ2) is 6.22. The Bertz CT molecular complexity index is 603. The van der Waals surface area contributed by atoms with Crippen LogP contribution < -0.4 is 10.1 Å². The minimum Gasteiger partial charge on any atom is -0.485 e. The van der Waals surface area contributed by atoms with Crippen molar-refractivity contribution in [1.29, 1.82) is 0 Å². The van der Waals surface area contributed by atoms with Crippen LogP contribution in [0, 0.1) is 5.82 Å². The third-order valence-electron chi connectivity index (χ3n) is 3.76. The number of rotatable bonds is 4.